The lowest BCUT2D eigenvalue weighted by Crippen LogP contribution is -1.96. The molecule has 0 saturated carbocycles. The van der Waals surface area contributed by atoms with Gasteiger partial charge in [-0.3, -0.25) is 4.68 Å². The van der Waals surface area contributed by atoms with Crippen LogP contribution >= 0.6 is 0 Å². The molecule has 5 heteroatoms. The van der Waals surface area contributed by atoms with Crippen molar-refractivity contribution in [1.29, 1.82) is 0 Å². The highest BCUT2D eigenvalue weighted by atomic mass is 16.5. The number of aromatic nitrogens is 3. The number of hydrogen-bond acceptors (Lipinski definition) is 4. The molecule has 90 valence electrons. The van der Waals surface area contributed by atoms with E-state index in [0.717, 1.165) is 22.7 Å². The van der Waals surface area contributed by atoms with Gasteiger partial charge in [0.25, 0.3) is 0 Å². The van der Waals surface area contributed by atoms with Gasteiger partial charge in [0, 0.05) is 25.0 Å². The molecular weight excluding hydrogens is 216 g/mol. The summed E-state index contributed by atoms with van der Waals surface area (Å²) in [5, 5.41) is 4.28. The molecule has 0 aliphatic carbocycles. The molecule has 0 aromatic carbocycles. The number of aryl methyl sites for hydroxylation is 3. The average molecular weight is 232 g/mol. The van der Waals surface area contributed by atoms with Crippen molar-refractivity contribution in [3.05, 3.63) is 29.2 Å². The molecule has 2 aromatic heterocycles. The summed E-state index contributed by atoms with van der Waals surface area (Å²) in [6.45, 7) is 5.76. The van der Waals surface area contributed by atoms with Gasteiger partial charge in [0.15, 0.2) is 5.75 Å². The van der Waals surface area contributed by atoms with Gasteiger partial charge in [0.05, 0.1) is 5.69 Å². The first-order valence-electron chi connectivity index (χ1n) is 5.39. The lowest BCUT2D eigenvalue weighted by molar-refractivity contribution is 0.455. The van der Waals surface area contributed by atoms with Crippen molar-refractivity contribution in [2.24, 2.45) is 7.05 Å². The molecule has 2 aromatic rings. The topological polar surface area (TPSA) is 66.0 Å². The molecule has 0 fully saturated rings. The van der Waals surface area contributed by atoms with Gasteiger partial charge in [-0.05, 0) is 26.3 Å². The Morgan fingerprint density at radius 1 is 1.29 bits per heavy atom. The van der Waals surface area contributed by atoms with Gasteiger partial charge in [0.2, 0.25) is 5.88 Å². The number of nitrogens with zero attached hydrogens (tertiary/aromatic N) is 3. The molecule has 0 unspecified atom stereocenters. The van der Waals surface area contributed by atoms with E-state index in [1.54, 1.807) is 16.9 Å². The van der Waals surface area contributed by atoms with Gasteiger partial charge in [0.1, 0.15) is 5.69 Å². The highest BCUT2D eigenvalue weighted by Crippen LogP contribution is 2.27. The Hall–Kier alpha value is -2.04. The minimum absolute atomic E-state index is 0.493. The van der Waals surface area contributed by atoms with Gasteiger partial charge in [-0.15, -0.1) is 0 Å². The van der Waals surface area contributed by atoms with E-state index in [1.807, 2.05) is 27.8 Å². The van der Waals surface area contributed by atoms with Crippen LogP contribution in [0.3, 0.4) is 0 Å². The predicted molar refractivity (Wildman–Crippen MR) is 66.1 cm³/mol. The summed E-state index contributed by atoms with van der Waals surface area (Å²) >= 11 is 0. The zero-order valence-corrected chi connectivity index (χ0v) is 10.5. The molecule has 0 radical (unpaired) electrons. The third-order valence-electron chi connectivity index (χ3n) is 2.77. The third-order valence-corrected chi connectivity index (χ3v) is 2.77. The second-order valence-electron chi connectivity index (χ2n) is 4.10. The Kier molecular flexibility index (Phi) is 2.75. The maximum atomic E-state index is 5.81. The number of anilines is 1. The molecule has 2 rings (SSSR count). The number of rotatable bonds is 2. The van der Waals surface area contributed by atoms with Crippen LogP contribution in [0.2, 0.25) is 0 Å². The van der Waals surface area contributed by atoms with Crippen molar-refractivity contribution < 1.29 is 4.74 Å². The number of nitrogen functional groups attached to an aromatic ring is 1. The Morgan fingerprint density at radius 3 is 2.53 bits per heavy atom. The number of ether oxygens (including phenoxy) is 1. The minimum Gasteiger partial charge on any atom is -0.435 e. The Labute approximate surface area is 100 Å². The normalized spacial score (nSPS) is 10.6. The second kappa shape index (κ2) is 4.08. The molecule has 0 saturated heterocycles. The van der Waals surface area contributed by atoms with Crippen LogP contribution in [0.5, 0.6) is 11.6 Å². The molecule has 2 heterocycles. The van der Waals surface area contributed by atoms with E-state index < -0.39 is 0 Å². The molecule has 0 bridgehead atoms. The van der Waals surface area contributed by atoms with Crippen molar-refractivity contribution in [2.45, 2.75) is 20.8 Å². The molecule has 0 aliphatic rings. The van der Waals surface area contributed by atoms with Crippen LogP contribution in [0.25, 0.3) is 0 Å². The van der Waals surface area contributed by atoms with Gasteiger partial charge >= 0.3 is 0 Å². The largest absolute Gasteiger partial charge is 0.435 e. The van der Waals surface area contributed by atoms with E-state index in [2.05, 4.69) is 10.1 Å². The maximum absolute atomic E-state index is 5.81. The van der Waals surface area contributed by atoms with E-state index in [4.69, 9.17) is 10.5 Å². The standard InChI is InChI=1S/C12H16N4O/c1-7-6-14-11(5-10(7)13)17-12-8(2)15-16(4)9(12)3/h5-6H,1-4H3,(H2,13,14). The smallest absolute Gasteiger partial charge is 0.221 e. The monoisotopic (exact) mass is 232 g/mol. The van der Waals surface area contributed by atoms with Crippen LogP contribution in [0.4, 0.5) is 5.69 Å². The maximum Gasteiger partial charge on any atom is 0.221 e. The lowest BCUT2D eigenvalue weighted by atomic mass is 10.3. The Bertz CT molecular complexity index is 560. The minimum atomic E-state index is 0.493. The summed E-state index contributed by atoms with van der Waals surface area (Å²) in [6.07, 6.45) is 1.70. The quantitative estimate of drug-likeness (QED) is 0.861. The molecule has 0 amide bonds. The molecule has 5 nitrogen and oxygen atoms in total. The highest BCUT2D eigenvalue weighted by Gasteiger charge is 2.12. The fraction of sp³-hybridized carbons (Fsp3) is 0.333. The summed E-state index contributed by atoms with van der Waals surface area (Å²) in [7, 11) is 1.88. The lowest BCUT2D eigenvalue weighted by Gasteiger charge is -2.06. The number of nitrogens with two attached hydrogens (primary N) is 1. The van der Waals surface area contributed by atoms with Crippen molar-refractivity contribution >= 4 is 5.69 Å². The Morgan fingerprint density at radius 2 is 2.00 bits per heavy atom. The molecule has 2 N–H and O–H groups in total. The van der Waals surface area contributed by atoms with Gasteiger partial charge < -0.3 is 10.5 Å². The van der Waals surface area contributed by atoms with E-state index >= 15 is 0 Å². The molecule has 0 atom stereocenters. The van der Waals surface area contributed by atoms with E-state index in [9.17, 15) is 0 Å². The van der Waals surface area contributed by atoms with Crippen molar-refractivity contribution in [3.8, 4) is 11.6 Å². The van der Waals surface area contributed by atoms with Crippen LogP contribution < -0.4 is 10.5 Å². The van der Waals surface area contributed by atoms with Crippen molar-refractivity contribution in [2.75, 3.05) is 5.73 Å². The second-order valence-corrected chi connectivity index (χ2v) is 4.10. The highest BCUT2D eigenvalue weighted by molar-refractivity contribution is 5.48. The van der Waals surface area contributed by atoms with E-state index in [-0.39, 0.29) is 0 Å². The number of pyridine rings is 1. The summed E-state index contributed by atoms with van der Waals surface area (Å²) in [6, 6.07) is 1.72. The summed E-state index contributed by atoms with van der Waals surface area (Å²) in [4.78, 5) is 4.19. The van der Waals surface area contributed by atoms with Gasteiger partial charge in [-0.25, -0.2) is 4.98 Å². The first-order valence-corrected chi connectivity index (χ1v) is 5.39. The zero-order valence-electron chi connectivity index (χ0n) is 10.5. The van der Waals surface area contributed by atoms with Crippen LogP contribution in [0, 0.1) is 20.8 Å². The van der Waals surface area contributed by atoms with Crippen molar-refractivity contribution in [3.63, 3.8) is 0 Å². The van der Waals surface area contributed by atoms with E-state index in [0.29, 0.717) is 11.6 Å². The SMILES string of the molecule is Cc1cnc(Oc2c(C)nn(C)c2C)cc1N. The summed E-state index contributed by atoms with van der Waals surface area (Å²) in [5.41, 5.74) is 9.23. The van der Waals surface area contributed by atoms with E-state index in [1.165, 1.54) is 0 Å². The first kappa shape index (κ1) is 11.4. The molecule has 0 spiro atoms. The van der Waals surface area contributed by atoms with Gasteiger partial charge in [-0.2, -0.15) is 5.10 Å². The first-order chi connectivity index (χ1) is 7.99. The molecular formula is C12H16N4O. The fourth-order valence-corrected chi connectivity index (χ4v) is 1.58. The zero-order chi connectivity index (χ0) is 12.6. The third kappa shape index (κ3) is 2.08. The van der Waals surface area contributed by atoms with Crippen LogP contribution in [0.15, 0.2) is 12.3 Å². The van der Waals surface area contributed by atoms with Crippen LogP contribution in [-0.4, -0.2) is 14.8 Å². The summed E-state index contributed by atoms with van der Waals surface area (Å²) in [5.74, 6) is 1.23. The van der Waals surface area contributed by atoms with Crippen LogP contribution in [-0.2, 0) is 7.05 Å². The number of hydrogen-bond donors (Lipinski definition) is 1. The van der Waals surface area contributed by atoms with Gasteiger partial charge in [-0.1, -0.05) is 0 Å². The predicted octanol–water partition coefficient (Wildman–Crippen LogP) is 2.11. The Balaban J connectivity index is 2.34. The molecule has 0 aliphatic heterocycles. The van der Waals surface area contributed by atoms with Crippen molar-refractivity contribution in [1.82, 2.24) is 14.8 Å². The molecule has 17 heavy (non-hydrogen) atoms. The fourth-order valence-electron chi connectivity index (χ4n) is 1.58. The summed E-state index contributed by atoms with van der Waals surface area (Å²) < 4.78 is 7.50. The average Bonchev–Trinajstić information content (AvgIpc) is 2.50. The van der Waals surface area contributed by atoms with Crippen LogP contribution in [0.1, 0.15) is 17.0 Å².